The number of rotatable bonds is 1. The van der Waals surface area contributed by atoms with Crippen LogP contribution in [-0.4, -0.2) is 9.97 Å². The standard InChI is InChI=1S/C23H16N2/c1-15-24-22(19-11-10-16-6-2-3-8-18(16)14-19)21-13-12-17-7-4-5-9-20(17)23(21)25-15/h2-14H,1H3. The lowest BCUT2D eigenvalue weighted by molar-refractivity contribution is 1.10. The normalized spacial score (nSPS) is 11.4. The molecule has 0 atom stereocenters. The Bertz CT molecular complexity index is 1260. The molecule has 0 N–H and O–H groups in total. The van der Waals surface area contributed by atoms with E-state index >= 15 is 0 Å². The summed E-state index contributed by atoms with van der Waals surface area (Å²) in [6.07, 6.45) is 0. The molecule has 0 saturated heterocycles. The summed E-state index contributed by atoms with van der Waals surface area (Å²) < 4.78 is 0. The average molecular weight is 320 g/mol. The summed E-state index contributed by atoms with van der Waals surface area (Å²) in [5, 5.41) is 5.95. The summed E-state index contributed by atoms with van der Waals surface area (Å²) in [5.41, 5.74) is 3.15. The second-order valence-corrected chi connectivity index (χ2v) is 6.36. The van der Waals surface area contributed by atoms with Crippen molar-refractivity contribution in [2.75, 3.05) is 0 Å². The molecule has 118 valence electrons. The minimum absolute atomic E-state index is 0.798. The van der Waals surface area contributed by atoms with Gasteiger partial charge in [0.15, 0.2) is 0 Å². The van der Waals surface area contributed by atoms with E-state index in [2.05, 4.69) is 78.9 Å². The van der Waals surface area contributed by atoms with E-state index in [-0.39, 0.29) is 0 Å². The molecule has 0 fully saturated rings. The van der Waals surface area contributed by atoms with E-state index in [1.807, 2.05) is 6.92 Å². The number of fused-ring (bicyclic) bond motifs is 4. The third-order valence-corrected chi connectivity index (χ3v) is 4.73. The van der Waals surface area contributed by atoms with Gasteiger partial charge < -0.3 is 0 Å². The lowest BCUT2D eigenvalue weighted by atomic mass is 10.00. The summed E-state index contributed by atoms with van der Waals surface area (Å²) >= 11 is 0. The summed E-state index contributed by atoms with van der Waals surface area (Å²) in [6, 6.07) is 27.6. The maximum atomic E-state index is 4.77. The number of hydrogen-bond donors (Lipinski definition) is 0. The van der Waals surface area contributed by atoms with Crippen molar-refractivity contribution < 1.29 is 0 Å². The van der Waals surface area contributed by atoms with Gasteiger partial charge >= 0.3 is 0 Å². The highest BCUT2D eigenvalue weighted by atomic mass is 14.9. The van der Waals surface area contributed by atoms with Crippen LogP contribution in [0.1, 0.15) is 5.82 Å². The first-order chi connectivity index (χ1) is 12.3. The van der Waals surface area contributed by atoms with E-state index in [1.165, 1.54) is 21.5 Å². The molecular formula is C23H16N2. The highest BCUT2D eigenvalue weighted by Crippen LogP contribution is 2.32. The van der Waals surface area contributed by atoms with Crippen LogP contribution in [0.15, 0.2) is 78.9 Å². The van der Waals surface area contributed by atoms with Gasteiger partial charge in [-0.1, -0.05) is 66.7 Å². The zero-order chi connectivity index (χ0) is 16.8. The van der Waals surface area contributed by atoms with Gasteiger partial charge in [-0.2, -0.15) is 0 Å². The Hall–Kier alpha value is -3.26. The number of aryl methyl sites for hydroxylation is 1. The first kappa shape index (κ1) is 14.1. The van der Waals surface area contributed by atoms with Crippen LogP contribution in [0, 0.1) is 6.92 Å². The van der Waals surface area contributed by atoms with Crippen molar-refractivity contribution in [2.24, 2.45) is 0 Å². The largest absolute Gasteiger partial charge is 0.233 e. The van der Waals surface area contributed by atoms with E-state index in [4.69, 9.17) is 9.97 Å². The minimum atomic E-state index is 0.798. The van der Waals surface area contributed by atoms with Crippen LogP contribution in [-0.2, 0) is 0 Å². The molecule has 0 bridgehead atoms. The van der Waals surface area contributed by atoms with Crippen molar-refractivity contribution in [3.8, 4) is 11.3 Å². The first-order valence-corrected chi connectivity index (χ1v) is 8.45. The molecule has 0 spiro atoms. The average Bonchev–Trinajstić information content (AvgIpc) is 2.67. The Morgan fingerprint density at radius 2 is 1.32 bits per heavy atom. The third-order valence-electron chi connectivity index (χ3n) is 4.73. The Morgan fingerprint density at radius 1 is 0.600 bits per heavy atom. The van der Waals surface area contributed by atoms with Crippen LogP contribution in [0.5, 0.6) is 0 Å². The van der Waals surface area contributed by atoms with Gasteiger partial charge in [0.2, 0.25) is 0 Å². The van der Waals surface area contributed by atoms with E-state index in [0.717, 1.165) is 28.0 Å². The van der Waals surface area contributed by atoms with Crippen molar-refractivity contribution in [1.29, 1.82) is 0 Å². The van der Waals surface area contributed by atoms with Gasteiger partial charge in [0.25, 0.3) is 0 Å². The molecule has 0 unspecified atom stereocenters. The number of aromatic nitrogens is 2. The first-order valence-electron chi connectivity index (χ1n) is 8.45. The molecule has 0 saturated carbocycles. The lowest BCUT2D eigenvalue weighted by Gasteiger charge is -2.10. The quantitative estimate of drug-likeness (QED) is 0.359. The molecule has 1 aromatic heterocycles. The molecule has 0 amide bonds. The van der Waals surface area contributed by atoms with Crippen molar-refractivity contribution in [1.82, 2.24) is 9.97 Å². The molecule has 0 aliphatic rings. The molecule has 0 aliphatic heterocycles. The van der Waals surface area contributed by atoms with E-state index in [9.17, 15) is 0 Å². The van der Waals surface area contributed by atoms with E-state index < -0.39 is 0 Å². The second kappa shape index (κ2) is 5.38. The van der Waals surface area contributed by atoms with E-state index in [1.54, 1.807) is 0 Å². The molecule has 2 nitrogen and oxygen atoms in total. The number of benzene rings is 4. The van der Waals surface area contributed by atoms with Gasteiger partial charge in [-0.25, -0.2) is 9.97 Å². The zero-order valence-corrected chi connectivity index (χ0v) is 13.9. The van der Waals surface area contributed by atoms with E-state index in [0.29, 0.717) is 0 Å². The number of nitrogens with zero attached hydrogens (tertiary/aromatic N) is 2. The minimum Gasteiger partial charge on any atom is -0.233 e. The van der Waals surface area contributed by atoms with Crippen molar-refractivity contribution in [2.45, 2.75) is 6.92 Å². The molecule has 25 heavy (non-hydrogen) atoms. The Balaban J connectivity index is 1.87. The SMILES string of the molecule is Cc1nc(-c2ccc3ccccc3c2)c2ccc3ccccc3c2n1. The molecule has 0 radical (unpaired) electrons. The van der Waals surface area contributed by atoms with Gasteiger partial charge in [0.1, 0.15) is 5.82 Å². The van der Waals surface area contributed by atoms with Crippen LogP contribution in [0.25, 0.3) is 43.7 Å². The molecule has 4 aromatic carbocycles. The zero-order valence-electron chi connectivity index (χ0n) is 13.9. The molecule has 5 rings (SSSR count). The van der Waals surface area contributed by atoms with Crippen molar-refractivity contribution in [3.05, 3.63) is 84.7 Å². The predicted molar refractivity (Wildman–Crippen MR) is 105 cm³/mol. The molecule has 1 heterocycles. The Morgan fingerprint density at radius 3 is 2.20 bits per heavy atom. The fourth-order valence-corrected chi connectivity index (χ4v) is 3.53. The van der Waals surface area contributed by atoms with Gasteiger partial charge in [-0.3, -0.25) is 0 Å². The fraction of sp³-hybridized carbons (Fsp3) is 0.0435. The van der Waals surface area contributed by atoms with Crippen LogP contribution < -0.4 is 0 Å². The van der Waals surface area contributed by atoms with Crippen LogP contribution in [0.3, 0.4) is 0 Å². The lowest BCUT2D eigenvalue weighted by Crippen LogP contribution is -1.95. The van der Waals surface area contributed by atoms with Gasteiger partial charge in [-0.05, 0) is 35.2 Å². The van der Waals surface area contributed by atoms with Gasteiger partial charge in [-0.15, -0.1) is 0 Å². The molecule has 5 aromatic rings. The number of hydrogen-bond acceptors (Lipinski definition) is 2. The highest BCUT2D eigenvalue weighted by Gasteiger charge is 2.11. The third kappa shape index (κ3) is 2.26. The smallest absolute Gasteiger partial charge is 0.126 e. The second-order valence-electron chi connectivity index (χ2n) is 6.36. The van der Waals surface area contributed by atoms with Crippen molar-refractivity contribution in [3.63, 3.8) is 0 Å². The van der Waals surface area contributed by atoms with Crippen LogP contribution >= 0.6 is 0 Å². The monoisotopic (exact) mass is 320 g/mol. The Labute approximate surface area is 145 Å². The maximum Gasteiger partial charge on any atom is 0.126 e. The summed E-state index contributed by atoms with van der Waals surface area (Å²) in [5.74, 6) is 0.798. The molecular weight excluding hydrogens is 304 g/mol. The van der Waals surface area contributed by atoms with Gasteiger partial charge in [0, 0.05) is 16.3 Å². The van der Waals surface area contributed by atoms with Crippen LogP contribution in [0.4, 0.5) is 0 Å². The molecule has 2 heteroatoms. The predicted octanol–water partition coefficient (Wildman–Crippen LogP) is 5.91. The molecule has 0 aliphatic carbocycles. The Kier molecular flexibility index (Phi) is 3.04. The summed E-state index contributed by atoms with van der Waals surface area (Å²) in [6.45, 7) is 1.96. The maximum absolute atomic E-state index is 4.77. The van der Waals surface area contributed by atoms with Crippen LogP contribution in [0.2, 0.25) is 0 Å². The fourth-order valence-electron chi connectivity index (χ4n) is 3.53. The topological polar surface area (TPSA) is 25.8 Å². The summed E-state index contributed by atoms with van der Waals surface area (Å²) in [7, 11) is 0. The summed E-state index contributed by atoms with van der Waals surface area (Å²) in [4.78, 5) is 9.52. The van der Waals surface area contributed by atoms with Gasteiger partial charge in [0.05, 0.1) is 11.2 Å². The van der Waals surface area contributed by atoms with Crippen molar-refractivity contribution >= 4 is 32.4 Å². The highest BCUT2D eigenvalue weighted by molar-refractivity contribution is 6.09.